The molecule has 1 unspecified atom stereocenters. The predicted molar refractivity (Wildman–Crippen MR) is 59.8 cm³/mol. The van der Waals surface area contributed by atoms with Crippen LogP contribution in [0.15, 0.2) is 0 Å². The minimum atomic E-state index is -3.98. The molecular weight excluding hydrogens is 248 g/mol. The van der Waals surface area contributed by atoms with Crippen molar-refractivity contribution in [2.45, 2.75) is 25.0 Å². The van der Waals surface area contributed by atoms with Crippen LogP contribution in [0.4, 0.5) is 0 Å². The van der Waals surface area contributed by atoms with E-state index in [1.54, 1.807) is 4.90 Å². The predicted octanol–water partition coefficient (Wildman–Crippen LogP) is -0.999. The molecule has 1 saturated heterocycles. The summed E-state index contributed by atoms with van der Waals surface area (Å²) in [5.41, 5.74) is 0. The van der Waals surface area contributed by atoms with Crippen LogP contribution < -0.4 is 4.72 Å². The number of nitrogens with zero attached hydrogens (tertiary/aromatic N) is 1. The fraction of sp³-hybridized carbons (Fsp3) is 0.778. The number of sulfonamides is 1. The van der Waals surface area contributed by atoms with E-state index in [9.17, 15) is 18.0 Å². The molecule has 1 amide bonds. The zero-order chi connectivity index (χ0) is 13.1. The van der Waals surface area contributed by atoms with Gasteiger partial charge in [0.2, 0.25) is 15.9 Å². The van der Waals surface area contributed by atoms with Gasteiger partial charge in [-0.1, -0.05) is 0 Å². The van der Waals surface area contributed by atoms with Crippen molar-refractivity contribution in [3.05, 3.63) is 0 Å². The fourth-order valence-corrected chi connectivity index (χ4v) is 2.34. The molecule has 0 aromatic carbocycles. The van der Waals surface area contributed by atoms with Crippen LogP contribution in [0.2, 0.25) is 0 Å². The summed E-state index contributed by atoms with van der Waals surface area (Å²) in [5.74, 6) is -1.75. The lowest BCUT2D eigenvalue weighted by Crippen LogP contribution is -2.43. The van der Waals surface area contributed by atoms with Crippen molar-refractivity contribution < 1.29 is 23.1 Å². The summed E-state index contributed by atoms with van der Waals surface area (Å²) in [6.07, 6.45) is 1.84. The molecular formula is C9H16N2O5S. The highest BCUT2D eigenvalue weighted by Gasteiger charge is 2.28. The first-order valence-electron chi connectivity index (χ1n) is 5.33. The summed E-state index contributed by atoms with van der Waals surface area (Å²) in [6, 6.07) is 0. The Hall–Kier alpha value is -1.15. The maximum atomic E-state index is 11.5. The highest BCUT2D eigenvalue weighted by Crippen LogP contribution is 2.07. The van der Waals surface area contributed by atoms with Gasteiger partial charge in [0, 0.05) is 13.1 Å². The first kappa shape index (κ1) is 13.9. The largest absolute Gasteiger partial charge is 0.480 e. The molecule has 98 valence electrons. The van der Waals surface area contributed by atoms with E-state index in [1.165, 1.54) is 0 Å². The van der Waals surface area contributed by atoms with E-state index in [2.05, 4.69) is 0 Å². The van der Waals surface area contributed by atoms with Gasteiger partial charge in [-0.15, -0.1) is 0 Å². The van der Waals surface area contributed by atoms with E-state index >= 15 is 0 Å². The smallest absolute Gasteiger partial charge is 0.323 e. The number of carbonyl (C=O) groups excluding carboxylic acids is 1. The third-order valence-electron chi connectivity index (χ3n) is 2.70. The second-order valence-corrected chi connectivity index (χ2v) is 6.02. The molecule has 7 nitrogen and oxygen atoms in total. The fourth-order valence-electron chi connectivity index (χ4n) is 1.50. The zero-order valence-electron chi connectivity index (χ0n) is 9.55. The van der Waals surface area contributed by atoms with Crippen molar-refractivity contribution in [3.63, 3.8) is 0 Å². The molecule has 1 rings (SSSR count). The van der Waals surface area contributed by atoms with Gasteiger partial charge in [0.15, 0.2) is 5.25 Å². The van der Waals surface area contributed by atoms with Gasteiger partial charge in [-0.25, -0.2) is 13.1 Å². The van der Waals surface area contributed by atoms with E-state index < -0.39 is 21.2 Å². The van der Waals surface area contributed by atoms with E-state index in [0.717, 1.165) is 19.8 Å². The van der Waals surface area contributed by atoms with Crippen molar-refractivity contribution in [1.29, 1.82) is 0 Å². The molecule has 1 atom stereocenters. The first-order chi connectivity index (χ1) is 7.84. The zero-order valence-corrected chi connectivity index (χ0v) is 10.4. The van der Waals surface area contributed by atoms with Gasteiger partial charge in [0.25, 0.3) is 0 Å². The maximum absolute atomic E-state index is 11.5. The molecule has 1 fully saturated rings. The van der Waals surface area contributed by atoms with E-state index in [0.29, 0.717) is 13.1 Å². The molecule has 17 heavy (non-hydrogen) atoms. The Labute approximate surface area is 99.8 Å². The van der Waals surface area contributed by atoms with E-state index in [-0.39, 0.29) is 12.5 Å². The topological polar surface area (TPSA) is 104 Å². The summed E-state index contributed by atoms with van der Waals surface area (Å²) < 4.78 is 24.9. The number of nitrogens with one attached hydrogen (secondary N) is 1. The minimum absolute atomic E-state index is 0.316. The van der Waals surface area contributed by atoms with E-state index in [4.69, 9.17) is 5.11 Å². The number of rotatable bonds is 5. The number of likely N-dealkylation sites (tertiary alicyclic amines) is 1. The summed E-state index contributed by atoms with van der Waals surface area (Å²) in [7, 11) is -3.98. The molecule has 2 N–H and O–H groups in total. The molecule has 1 heterocycles. The summed E-state index contributed by atoms with van der Waals surface area (Å²) in [5, 5.41) is 7.02. The van der Waals surface area contributed by atoms with Gasteiger partial charge in [0.05, 0.1) is 6.54 Å². The number of hydrogen-bond donors (Lipinski definition) is 2. The number of carboxylic acid groups (broad SMARTS) is 1. The normalized spacial score (nSPS) is 18.1. The van der Waals surface area contributed by atoms with Crippen LogP contribution in [0.1, 0.15) is 19.8 Å². The molecule has 0 bridgehead atoms. The standard InChI is InChI=1S/C9H16N2O5S/c1-7(9(13)14)17(15,16)10-6-8(12)11-4-2-3-5-11/h7,10H,2-6H2,1H3,(H,13,14). The highest BCUT2D eigenvalue weighted by atomic mass is 32.2. The Kier molecular flexibility index (Phi) is 4.47. The highest BCUT2D eigenvalue weighted by molar-refractivity contribution is 7.90. The van der Waals surface area contributed by atoms with Crippen LogP contribution in [-0.4, -0.2) is 55.2 Å². The number of hydrogen-bond acceptors (Lipinski definition) is 4. The Morgan fingerprint density at radius 2 is 1.88 bits per heavy atom. The molecule has 0 aromatic rings. The van der Waals surface area contributed by atoms with Gasteiger partial charge in [-0.2, -0.15) is 0 Å². The second kappa shape index (κ2) is 5.46. The van der Waals surface area contributed by atoms with Crippen molar-refractivity contribution in [2.24, 2.45) is 0 Å². The molecule has 0 saturated carbocycles. The summed E-state index contributed by atoms with van der Waals surface area (Å²) in [4.78, 5) is 23.6. The van der Waals surface area contributed by atoms with Crippen LogP contribution >= 0.6 is 0 Å². The lowest BCUT2D eigenvalue weighted by Gasteiger charge is -2.16. The van der Waals surface area contributed by atoms with Gasteiger partial charge >= 0.3 is 5.97 Å². The van der Waals surface area contributed by atoms with Crippen LogP contribution in [0.25, 0.3) is 0 Å². The minimum Gasteiger partial charge on any atom is -0.480 e. The lowest BCUT2D eigenvalue weighted by atomic mass is 10.4. The molecule has 0 radical (unpaired) electrons. The van der Waals surface area contributed by atoms with Crippen molar-refractivity contribution in [2.75, 3.05) is 19.6 Å². The second-order valence-electron chi connectivity index (χ2n) is 3.93. The monoisotopic (exact) mass is 264 g/mol. The van der Waals surface area contributed by atoms with E-state index in [1.807, 2.05) is 4.72 Å². The van der Waals surface area contributed by atoms with Gasteiger partial charge in [0.1, 0.15) is 0 Å². The number of carboxylic acids is 1. The maximum Gasteiger partial charge on any atom is 0.323 e. The molecule has 0 aliphatic carbocycles. The van der Waals surface area contributed by atoms with Crippen LogP contribution in [-0.2, 0) is 19.6 Å². The van der Waals surface area contributed by atoms with Crippen LogP contribution in [0.5, 0.6) is 0 Å². The van der Waals surface area contributed by atoms with Gasteiger partial charge < -0.3 is 10.0 Å². The van der Waals surface area contributed by atoms with Crippen molar-refractivity contribution in [1.82, 2.24) is 9.62 Å². The number of amides is 1. The molecule has 1 aliphatic heterocycles. The third kappa shape index (κ3) is 3.67. The molecule has 1 aliphatic rings. The van der Waals surface area contributed by atoms with Crippen molar-refractivity contribution >= 4 is 21.9 Å². The third-order valence-corrected chi connectivity index (χ3v) is 4.38. The summed E-state index contributed by atoms with van der Waals surface area (Å²) in [6.45, 7) is 1.95. The lowest BCUT2D eigenvalue weighted by molar-refractivity contribution is -0.136. The van der Waals surface area contributed by atoms with Gasteiger partial charge in [-0.05, 0) is 19.8 Å². The SMILES string of the molecule is CC(C(=O)O)S(=O)(=O)NCC(=O)N1CCCC1. The molecule has 0 aromatic heterocycles. The Bertz CT molecular complexity index is 400. The molecule has 8 heteroatoms. The Balaban J connectivity index is 2.49. The quantitative estimate of drug-likeness (QED) is 0.663. The first-order valence-corrected chi connectivity index (χ1v) is 6.88. The average Bonchev–Trinajstić information content (AvgIpc) is 2.78. The van der Waals surface area contributed by atoms with Gasteiger partial charge in [-0.3, -0.25) is 9.59 Å². The number of carbonyl (C=O) groups is 2. The van der Waals surface area contributed by atoms with Crippen LogP contribution in [0.3, 0.4) is 0 Å². The van der Waals surface area contributed by atoms with Crippen LogP contribution in [0, 0.1) is 0 Å². The Morgan fingerprint density at radius 1 is 1.35 bits per heavy atom. The van der Waals surface area contributed by atoms with Crippen molar-refractivity contribution in [3.8, 4) is 0 Å². The summed E-state index contributed by atoms with van der Waals surface area (Å²) >= 11 is 0. The Morgan fingerprint density at radius 3 is 2.35 bits per heavy atom. The molecule has 0 spiro atoms. The average molecular weight is 264 g/mol. The number of aliphatic carboxylic acids is 1.